The summed E-state index contributed by atoms with van der Waals surface area (Å²) in [6.45, 7) is 21.1. The summed E-state index contributed by atoms with van der Waals surface area (Å²) in [7, 11) is 0. The zero-order valence-electron chi connectivity index (χ0n) is 22.6. The maximum absolute atomic E-state index is 10.9. The van der Waals surface area contributed by atoms with Gasteiger partial charge in [0.15, 0.2) is 0 Å². The fourth-order valence-corrected chi connectivity index (χ4v) is 5.27. The highest BCUT2D eigenvalue weighted by molar-refractivity contribution is 7.98. The summed E-state index contributed by atoms with van der Waals surface area (Å²) in [5.41, 5.74) is 3.09. The minimum Gasteiger partial charge on any atom is -0.296 e. The van der Waals surface area contributed by atoms with Crippen molar-refractivity contribution in [1.29, 1.82) is 0 Å². The summed E-state index contributed by atoms with van der Waals surface area (Å²) in [6.07, 6.45) is 13.2. The van der Waals surface area contributed by atoms with Gasteiger partial charge in [-0.1, -0.05) is 83.7 Å². The molecule has 1 saturated carbocycles. The van der Waals surface area contributed by atoms with Crippen molar-refractivity contribution in [2.24, 2.45) is 23.7 Å². The Morgan fingerprint density at radius 3 is 2.30 bits per heavy atom. The van der Waals surface area contributed by atoms with E-state index in [1.807, 2.05) is 57.5 Å². The van der Waals surface area contributed by atoms with Crippen molar-refractivity contribution in [3.05, 3.63) is 54.6 Å². The highest BCUT2D eigenvalue weighted by atomic mass is 32.2. The molecule has 1 aromatic rings. The molecule has 3 rings (SSSR count). The molecule has 33 heavy (non-hydrogen) atoms. The second kappa shape index (κ2) is 18.9. The van der Waals surface area contributed by atoms with Crippen LogP contribution in [0.4, 0.5) is 0 Å². The molecule has 0 saturated heterocycles. The number of rotatable bonds is 6. The SMILES string of the molecule is C=C.CC.CCC(=O)NSc1ccc(C)cc1.CCCCC1C2=CCC(C)CC2CCC1C. The molecule has 1 N–H and O–H groups in total. The van der Waals surface area contributed by atoms with Crippen molar-refractivity contribution in [2.45, 2.75) is 105 Å². The Morgan fingerprint density at radius 2 is 1.73 bits per heavy atom. The number of hydrogen-bond donors (Lipinski definition) is 1. The Labute approximate surface area is 210 Å². The van der Waals surface area contributed by atoms with Gasteiger partial charge in [-0.05, 0) is 86.8 Å². The number of carbonyl (C=O) groups is 1. The lowest BCUT2D eigenvalue weighted by atomic mass is 9.64. The van der Waals surface area contributed by atoms with Gasteiger partial charge >= 0.3 is 0 Å². The molecule has 2 nitrogen and oxygen atoms in total. The Bertz CT molecular complexity index is 666. The topological polar surface area (TPSA) is 29.1 Å². The molecular formula is C30H51NOS. The van der Waals surface area contributed by atoms with E-state index in [0.29, 0.717) is 6.42 Å². The first kappa shape index (κ1) is 31.5. The molecule has 1 aromatic carbocycles. The molecule has 0 aliphatic heterocycles. The van der Waals surface area contributed by atoms with Gasteiger partial charge in [0.1, 0.15) is 0 Å². The second-order valence-corrected chi connectivity index (χ2v) is 9.95. The van der Waals surface area contributed by atoms with E-state index in [1.165, 1.54) is 62.5 Å². The second-order valence-electron chi connectivity index (χ2n) is 9.07. The molecule has 0 radical (unpaired) electrons. The molecule has 4 unspecified atom stereocenters. The highest BCUT2D eigenvalue weighted by Gasteiger charge is 2.34. The lowest BCUT2D eigenvalue weighted by Gasteiger charge is -2.41. The van der Waals surface area contributed by atoms with E-state index in [2.05, 4.69) is 44.7 Å². The fraction of sp³-hybridized carbons (Fsp3) is 0.633. The average molecular weight is 474 g/mol. The summed E-state index contributed by atoms with van der Waals surface area (Å²) in [6, 6.07) is 8.05. The Hall–Kier alpha value is -1.48. The van der Waals surface area contributed by atoms with Crippen molar-refractivity contribution < 1.29 is 4.79 Å². The molecule has 4 atom stereocenters. The third-order valence-electron chi connectivity index (χ3n) is 6.49. The molecule has 0 spiro atoms. The van der Waals surface area contributed by atoms with Crippen LogP contribution in [-0.4, -0.2) is 5.91 Å². The van der Waals surface area contributed by atoms with E-state index in [4.69, 9.17) is 0 Å². The fourth-order valence-electron chi connectivity index (χ4n) is 4.62. The maximum Gasteiger partial charge on any atom is 0.229 e. The zero-order valence-corrected chi connectivity index (χ0v) is 23.4. The molecule has 0 heterocycles. The van der Waals surface area contributed by atoms with E-state index >= 15 is 0 Å². The third kappa shape index (κ3) is 12.0. The highest BCUT2D eigenvalue weighted by Crippen LogP contribution is 2.46. The number of allylic oxidation sites excluding steroid dienone is 2. The minimum absolute atomic E-state index is 0.0607. The predicted molar refractivity (Wildman–Crippen MR) is 149 cm³/mol. The molecule has 2 aliphatic carbocycles. The van der Waals surface area contributed by atoms with Crippen LogP contribution in [0.1, 0.15) is 98.5 Å². The summed E-state index contributed by atoms with van der Waals surface area (Å²) >= 11 is 1.36. The van der Waals surface area contributed by atoms with Crippen molar-refractivity contribution in [3.63, 3.8) is 0 Å². The van der Waals surface area contributed by atoms with Gasteiger partial charge in [0.2, 0.25) is 5.91 Å². The monoisotopic (exact) mass is 473 g/mol. The van der Waals surface area contributed by atoms with Crippen LogP contribution in [0.3, 0.4) is 0 Å². The predicted octanol–water partition coefficient (Wildman–Crippen LogP) is 9.55. The summed E-state index contributed by atoms with van der Waals surface area (Å²) < 4.78 is 2.75. The number of fused-ring (bicyclic) bond motifs is 1. The first-order valence-electron chi connectivity index (χ1n) is 13.2. The van der Waals surface area contributed by atoms with Gasteiger partial charge in [-0.25, -0.2) is 0 Å². The number of nitrogens with one attached hydrogen (secondary N) is 1. The molecular weight excluding hydrogens is 422 g/mol. The van der Waals surface area contributed by atoms with Crippen molar-refractivity contribution in [2.75, 3.05) is 0 Å². The zero-order chi connectivity index (χ0) is 25.2. The van der Waals surface area contributed by atoms with E-state index in [1.54, 1.807) is 0 Å². The average Bonchev–Trinajstić information content (AvgIpc) is 2.86. The standard InChI is InChI=1S/C16H28.C10H13NOS.C2H6.C2H4/c1-4-5-6-15-13(3)8-9-14-11-12(2)7-10-16(14)15;1-3-10(12)11-13-9-6-4-8(2)5-7-9;2*1-2/h10,12-15H,4-9,11H2,1-3H3;4-7H,3H2,1-2H3,(H,11,12);1-2H3;1-2H2. The van der Waals surface area contributed by atoms with Crippen LogP contribution in [0.25, 0.3) is 0 Å². The number of hydrogen-bond acceptors (Lipinski definition) is 2. The smallest absolute Gasteiger partial charge is 0.229 e. The molecule has 2 aliphatic rings. The molecule has 0 bridgehead atoms. The van der Waals surface area contributed by atoms with E-state index in [0.717, 1.165) is 28.6 Å². The van der Waals surface area contributed by atoms with Gasteiger partial charge < -0.3 is 0 Å². The molecule has 0 aromatic heterocycles. The van der Waals surface area contributed by atoms with Gasteiger partial charge in [-0.15, -0.1) is 13.2 Å². The van der Waals surface area contributed by atoms with Gasteiger partial charge in [0, 0.05) is 11.3 Å². The maximum atomic E-state index is 10.9. The molecule has 188 valence electrons. The number of unbranched alkanes of at least 4 members (excludes halogenated alkanes) is 1. The van der Waals surface area contributed by atoms with E-state index in [-0.39, 0.29) is 5.91 Å². The Balaban J connectivity index is 0.000000549. The van der Waals surface area contributed by atoms with Crippen LogP contribution >= 0.6 is 11.9 Å². The van der Waals surface area contributed by atoms with Crippen LogP contribution in [0.15, 0.2) is 54.0 Å². The Morgan fingerprint density at radius 1 is 1.09 bits per heavy atom. The summed E-state index contributed by atoms with van der Waals surface area (Å²) in [5.74, 6) is 3.84. The molecule has 3 heteroatoms. The van der Waals surface area contributed by atoms with Crippen LogP contribution in [0, 0.1) is 30.6 Å². The van der Waals surface area contributed by atoms with Crippen molar-refractivity contribution in [1.82, 2.24) is 4.72 Å². The normalized spacial score (nSPS) is 23.1. The lowest BCUT2D eigenvalue weighted by Crippen LogP contribution is -2.29. The molecule has 1 amide bonds. The lowest BCUT2D eigenvalue weighted by molar-refractivity contribution is -0.118. The van der Waals surface area contributed by atoms with Crippen LogP contribution in [0.5, 0.6) is 0 Å². The number of benzene rings is 1. The summed E-state index contributed by atoms with van der Waals surface area (Å²) in [5, 5.41) is 0. The van der Waals surface area contributed by atoms with Gasteiger partial charge in [0.25, 0.3) is 0 Å². The van der Waals surface area contributed by atoms with Crippen LogP contribution in [0.2, 0.25) is 0 Å². The number of aryl methyl sites for hydroxylation is 1. The van der Waals surface area contributed by atoms with E-state index < -0.39 is 0 Å². The minimum atomic E-state index is 0.0607. The first-order chi connectivity index (χ1) is 15.9. The van der Waals surface area contributed by atoms with Crippen LogP contribution < -0.4 is 4.72 Å². The molecule has 1 fully saturated rings. The largest absolute Gasteiger partial charge is 0.296 e. The van der Waals surface area contributed by atoms with Gasteiger partial charge in [-0.2, -0.15) is 0 Å². The van der Waals surface area contributed by atoms with Gasteiger partial charge in [0.05, 0.1) is 0 Å². The van der Waals surface area contributed by atoms with E-state index in [9.17, 15) is 4.79 Å². The van der Waals surface area contributed by atoms with Crippen LogP contribution in [-0.2, 0) is 4.79 Å². The third-order valence-corrected chi connectivity index (χ3v) is 7.33. The Kier molecular flexibility index (Phi) is 18.0. The number of carbonyl (C=O) groups excluding carboxylic acids is 1. The van der Waals surface area contributed by atoms with Crippen molar-refractivity contribution in [3.8, 4) is 0 Å². The quantitative estimate of drug-likeness (QED) is 0.329. The van der Waals surface area contributed by atoms with Gasteiger partial charge in [-0.3, -0.25) is 9.52 Å². The number of amides is 1. The summed E-state index contributed by atoms with van der Waals surface area (Å²) in [4.78, 5) is 12.0. The van der Waals surface area contributed by atoms with Crippen molar-refractivity contribution >= 4 is 17.9 Å². The first-order valence-corrected chi connectivity index (χ1v) is 14.0.